The van der Waals surface area contributed by atoms with Crippen LogP contribution in [0.15, 0.2) is 18.2 Å². The number of likely N-dealkylation sites (N-methyl/N-ethyl adjacent to an activating group) is 1. The summed E-state index contributed by atoms with van der Waals surface area (Å²) in [5.74, 6) is -0.140. The quantitative estimate of drug-likeness (QED) is 0.840. The molecule has 0 aliphatic heterocycles. The molecule has 0 spiro atoms. The summed E-state index contributed by atoms with van der Waals surface area (Å²) in [5.41, 5.74) is 3.10. The first-order valence-corrected chi connectivity index (χ1v) is 5.53. The lowest BCUT2D eigenvalue weighted by molar-refractivity contribution is 0.631. The van der Waals surface area contributed by atoms with E-state index in [1.54, 1.807) is 6.07 Å². The van der Waals surface area contributed by atoms with Crippen molar-refractivity contribution in [3.05, 3.63) is 35.3 Å². The lowest BCUT2D eigenvalue weighted by Gasteiger charge is -2.01. The van der Waals surface area contributed by atoms with Crippen LogP contribution in [0.1, 0.15) is 11.3 Å². The molecule has 1 N–H and O–H groups in total. The first-order valence-electron chi connectivity index (χ1n) is 5.53. The van der Waals surface area contributed by atoms with Crippen LogP contribution in [0.4, 0.5) is 4.39 Å². The van der Waals surface area contributed by atoms with E-state index in [0.29, 0.717) is 5.52 Å². The van der Waals surface area contributed by atoms with Gasteiger partial charge in [0.15, 0.2) is 0 Å². The molecule has 0 amide bonds. The molecule has 1 aromatic heterocycles. The Bertz CT molecular complexity index is 514. The SMILES string of the molecule is CNCCc1c(C)n(C)c2c(F)cccc12. The molecule has 0 bridgehead atoms. The van der Waals surface area contributed by atoms with E-state index in [9.17, 15) is 4.39 Å². The minimum atomic E-state index is -0.140. The second-order valence-corrected chi connectivity index (χ2v) is 4.11. The van der Waals surface area contributed by atoms with Crippen molar-refractivity contribution in [2.75, 3.05) is 13.6 Å². The van der Waals surface area contributed by atoms with Gasteiger partial charge in [-0.3, -0.25) is 0 Å². The predicted molar refractivity (Wildman–Crippen MR) is 65.2 cm³/mol. The molecule has 86 valence electrons. The summed E-state index contributed by atoms with van der Waals surface area (Å²) >= 11 is 0. The molecule has 0 fully saturated rings. The Morgan fingerprint density at radius 3 is 2.81 bits per heavy atom. The molecule has 1 aromatic carbocycles. The second kappa shape index (κ2) is 4.26. The van der Waals surface area contributed by atoms with Crippen molar-refractivity contribution in [3.8, 4) is 0 Å². The van der Waals surface area contributed by atoms with Crippen LogP contribution in [0.5, 0.6) is 0 Å². The highest BCUT2D eigenvalue weighted by Crippen LogP contribution is 2.27. The molecular formula is C13H17FN2. The first-order chi connectivity index (χ1) is 7.66. The Hall–Kier alpha value is -1.35. The molecular weight excluding hydrogens is 203 g/mol. The standard InChI is InChI=1S/C13H17FN2/c1-9-10(7-8-15-2)11-5-4-6-12(14)13(11)16(9)3/h4-6,15H,7-8H2,1-3H3. The van der Waals surface area contributed by atoms with E-state index >= 15 is 0 Å². The van der Waals surface area contributed by atoms with Crippen LogP contribution in [0.2, 0.25) is 0 Å². The van der Waals surface area contributed by atoms with Gasteiger partial charge in [-0.25, -0.2) is 4.39 Å². The van der Waals surface area contributed by atoms with Gasteiger partial charge in [-0.1, -0.05) is 12.1 Å². The van der Waals surface area contributed by atoms with E-state index in [4.69, 9.17) is 0 Å². The van der Waals surface area contributed by atoms with E-state index in [2.05, 4.69) is 5.32 Å². The molecule has 0 atom stereocenters. The number of aromatic nitrogens is 1. The van der Waals surface area contributed by atoms with Gasteiger partial charge in [0.05, 0.1) is 5.52 Å². The smallest absolute Gasteiger partial charge is 0.147 e. The maximum absolute atomic E-state index is 13.7. The Morgan fingerprint density at radius 1 is 1.38 bits per heavy atom. The third-order valence-corrected chi connectivity index (χ3v) is 3.21. The monoisotopic (exact) mass is 220 g/mol. The van der Waals surface area contributed by atoms with Crippen molar-refractivity contribution >= 4 is 10.9 Å². The van der Waals surface area contributed by atoms with Crippen molar-refractivity contribution < 1.29 is 4.39 Å². The van der Waals surface area contributed by atoms with Gasteiger partial charge < -0.3 is 9.88 Å². The number of hydrogen-bond donors (Lipinski definition) is 1. The van der Waals surface area contributed by atoms with Gasteiger partial charge in [-0.2, -0.15) is 0 Å². The predicted octanol–water partition coefficient (Wildman–Crippen LogP) is 2.39. The maximum Gasteiger partial charge on any atom is 0.147 e. The summed E-state index contributed by atoms with van der Waals surface area (Å²) in [7, 11) is 3.85. The highest BCUT2D eigenvalue weighted by molar-refractivity contribution is 5.86. The van der Waals surface area contributed by atoms with Crippen LogP contribution in [-0.2, 0) is 13.5 Å². The van der Waals surface area contributed by atoms with Crippen molar-refractivity contribution in [1.82, 2.24) is 9.88 Å². The highest BCUT2D eigenvalue weighted by Gasteiger charge is 2.13. The maximum atomic E-state index is 13.7. The van der Waals surface area contributed by atoms with Crippen LogP contribution in [0.25, 0.3) is 10.9 Å². The van der Waals surface area contributed by atoms with Crippen LogP contribution < -0.4 is 5.32 Å². The molecule has 3 heteroatoms. The summed E-state index contributed by atoms with van der Waals surface area (Å²) in [5, 5.41) is 4.17. The van der Waals surface area contributed by atoms with E-state index in [1.807, 2.05) is 31.7 Å². The van der Waals surface area contributed by atoms with E-state index in [-0.39, 0.29) is 5.82 Å². The van der Waals surface area contributed by atoms with Crippen molar-refractivity contribution in [2.24, 2.45) is 7.05 Å². The Balaban J connectivity index is 2.64. The number of benzene rings is 1. The summed E-state index contributed by atoms with van der Waals surface area (Å²) in [6.45, 7) is 2.96. The molecule has 0 aliphatic carbocycles. The summed E-state index contributed by atoms with van der Waals surface area (Å²) in [4.78, 5) is 0. The summed E-state index contributed by atoms with van der Waals surface area (Å²) in [6, 6.07) is 5.29. The zero-order chi connectivity index (χ0) is 11.7. The van der Waals surface area contributed by atoms with Crippen LogP contribution >= 0.6 is 0 Å². The number of nitrogens with one attached hydrogen (secondary N) is 1. The van der Waals surface area contributed by atoms with Gasteiger partial charge in [-0.05, 0) is 38.6 Å². The molecule has 0 saturated heterocycles. The number of nitrogens with zero attached hydrogens (tertiary/aromatic N) is 1. The lowest BCUT2D eigenvalue weighted by atomic mass is 10.1. The Morgan fingerprint density at radius 2 is 2.12 bits per heavy atom. The van der Waals surface area contributed by atoms with Gasteiger partial charge in [0.2, 0.25) is 0 Å². The van der Waals surface area contributed by atoms with E-state index < -0.39 is 0 Å². The molecule has 0 radical (unpaired) electrons. The molecule has 16 heavy (non-hydrogen) atoms. The average molecular weight is 220 g/mol. The van der Waals surface area contributed by atoms with Crippen molar-refractivity contribution in [3.63, 3.8) is 0 Å². The third kappa shape index (κ3) is 1.61. The Labute approximate surface area is 95.1 Å². The number of rotatable bonds is 3. The van der Waals surface area contributed by atoms with Gasteiger partial charge in [0.1, 0.15) is 5.82 Å². The topological polar surface area (TPSA) is 17.0 Å². The lowest BCUT2D eigenvalue weighted by Crippen LogP contribution is -2.10. The van der Waals surface area contributed by atoms with Gasteiger partial charge in [0.25, 0.3) is 0 Å². The third-order valence-electron chi connectivity index (χ3n) is 3.21. The minimum Gasteiger partial charge on any atom is -0.345 e. The zero-order valence-electron chi connectivity index (χ0n) is 9.97. The molecule has 2 nitrogen and oxygen atoms in total. The minimum absolute atomic E-state index is 0.140. The summed E-state index contributed by atoms with van der Waals surface area (Å²) < 4.78 is 15.7. The van der Waals surface area contributed by atoms with Gasteiger partial charge >= 0.3 is 0 Å². The molecule has 0 aliphatic rings. The number of fused-ring (bicyclic) bond motifs is 1. The Kier molecular flexibility index (Phi) is 2.97. The second-order valence-electron chi connectivity index (χ2n) is 4.11. The largest absolute Gasteiger partial charge is 0.345 e. The molecule has 0 saturated carbocycles. The zero-order valence-corrected chi connectivity index (χ0v) is 9.97. The van der Waals surface area contributed by atoms with Crippen molar-refractivity contribution in [1.29, 1.82) is 0 Å². The number of halogens is 1. The fourth-order valence-electron chi connectivity index (χ4n) is 2.23. The summed E-state index contributed by atoms with van der Waals surface area (Å²) in [6.07, 6.45) is 0.934. The fourth-order valence-corrected chi connectivity index (χ4v) is 2.23. The van der Waals surface area contributed by atoms with Crippen LogP contribution in [0, 0.1) is 12.7 Å². The van der Waals surface area contributed by atoms with Crippen LogP contribution in [-0.4, -0.2) is 18.2 Å². The number of para-hydroxylation sites is 1. The van der Waals surface area contributed by atoms with Crippen LogP contribution in [0.3, 0.4) is 0 Å². The van der Waals surface area contributed by atoms with Crippen molar-refractivity contribution in [2.45, 2.75) is 13.3 Å². The van der Waals surface area contributed by atoms with Gasteiger partial charge in [-0.15, -0.1) is 0 Å². The molecule has 2 aromatic rings. The molecule has 0 unspecified atom stereocenters. The number of hydrogen-bond acceptors (Lipinski definition) is 1. The fraction of sp³-hybridized carbons (Fsp3) is 0.385. The normalized spacial score (nSPS) is 11.2. The molecule has 1 heterocycles. The van der Waals surface area contributed by atoms with E-state index in [0.717, 1.165) is 24.0 Å². The van der Waals surface area contributed by atoms with E-state index in [1.165, 1.54) is 11.6 Å². The average Bonchev–Trinajstić information content (AvgIpc) is 2.51. The number of aryl methyl sites for hydroxylation is 1. The van der Waals surface area contributed by atoms with Gasteiger partial charge in [0, 0.05) is 18.1 Å². The first kappa shape index (κ1) is 11.1. The molecule has 2 rings (SSSR count). The highest BCUT2D eigenvalue weighted by atomic mass is 19.1.